The van der Waals surface area contributed by atoms with Crippen LogP contribution in [0.2, 0.25) is 0 Å². The van der Waals surface area contributed by atoms with E-state index in [0.717, 1.165) is 18.8 Å². The summed E-state index contributed by atoms with van der Waals surface area (Å²) in [5.41, 5.74) is 3.70. The zero-order chi connectivity index (χ0) is 23.4. The van der Waals surface area contributed by atoms with E-state index in [0.29, 0.717) is 38.0 Å². The molecule has 3 N–H and O–H groups in total. The number of anilines is 1. The number of nitrogens with one attached hydrogen (secondary N) is 2. The van der Waals surface area contributed by atoms with E-state index in [1.807, 2.05) is 12.1 Å². The molecule has 1 amide bonds. The lowest BCUT2D eigenvalue weighted by atomic mass is 10.1. The summed E-state index contributed by atoms with van der Waals surface area (Å²) < 4.78 is 24.8. The lowest BCUT2D eigenvalue weighted by molar-refractivity contribution is 0.0855. The summed E-state index contributed by atoms with van der Waals surface area (Å²) in [6.45, 7) is 3.21. The number of fused-ring (bicyclic) bond motifs is 1. The largest absolute Gasteiger partial charge is 0.390 e. The summed E-state index contributed by atoms with van der Waals surface area (Å²) >= 11 is 0. The number of aliphatic hydroxyl groups is 1. The number of benzene rings is 1. The van der Waals surface area contributed by atoms with E-state index in [-0.39, 0.29) is 18.5 Å². The molecule has 3 heterocycles. The molecule has 2 aromatic rings. The molecular formula is C23H31N5O4S. The first-order chi connectivity index (χ1) is 15.8. The lowest BCUT2D eigenvalue weighted by Crippen LogP contribution is -2.41. The topological polar surface area (TPSA) is 115 Å². The Morgan fingerprint density at radius 3 is 2.48 bits per heavy atom. The van der Waals surface area contributed by atoms with Gasteiger partial charge < -0.3 is 15.7 Å². The molecule has 178 valence electrons. The van der Waals surface area contributed by atoms with Gasteiger partial charge in [-0.25, -0.2) is 12.7 Å². The number of hydrogen-bond acceptors (Lipinski definition) is 7. The summed E-state index contributed by atoms with van der Waals surface area (Å²) in [6.07, 6.45) is 5.09. The molecule has 0 bridgehead atoms. The van der Waals surface area contributed by atoms with Gasteiger partial charge in [0.05, 0.1) is 23.6 Å². The van der Waals surface area contributed by atoms with Gasteiger partial charge in [0.2, 0.25) is 10.0 Å². The van der Waals surface area contributed by atoms with Crippen molar-refractivity contribution in [3.63, 3.8) is 0 Å². The Balaban J connectivity index is 1.23. The van der Waals surface area contributed by atoms with Crippen LogP contribution in [-0.2, 0) is 23.1 Å². The van der Waals surface area contributed by atoms with Gasteiger partial charge in [0, 0.05) is 57.7 Å². The molecule has 1 fully saturated rings. The third-order valence-corrected chi connectivity index (χ3v) is 7.47. The van der Waals surface area contributed by atoms with E-state index in [9.17, 15) is 18.3 Å². The number of sulfonamides is 1. The Morgan fingerprint density at radius 2 is 1.85 bits per heavy atom. The van der Waals surface area contributed by atoms with E-state index in [1.165, 1.54) is 27.9 Å². The van der Waals surface area contributed by atoms with Crippen molar-refractivity contribution in [3.8, 4) is 0 Å². The fourth-order valence-electron chi connectivity index (χ4n) is 4.42. The van der Waals surface area contributed by atoms with Crippen molar-refractivity contribution in [3.05, 3.63) is 59.4 Å². The van der Waals surface area contributed by atoms with E-state index < -0.39 is 16.1 Å². The molecule has 4 rings (SSSR count). The van der Waals surface area contributed by atoms with Crippen LogP contribution >= 0.6 is 0 Å². The van der Waals surface area contributed by atoms with Crippen molar-refractivity contribution < 1.29 is 18.3 Å². The lowest BCUT2D eigenvalue weighted by Gasteiger charge is -2.31. The molecule has 1 saturated heterocycles. The van der Waals surface area contributed by atoms with Gasteiger partial charge in [-0.15, -0.1) is 0 Å². The highest BCUT2D eigenvalue weighted by Gasteiger charge is 2.25. The van der Waals surface area contributed by atoms with Gasteiger partial charge in [-0.2, -0.15) is 0 Å². The molecule has 0 saturated carbocycles. The van der Waals surface area contributed by atoms with Crippen LogP contribution in [0.3, 0.4) is 0 Å². The van der Waals surface area contributed by atoms with Crippen molar-refractivity contribution in [1.29, 1.82) is 0 Å². The molecule has 2 aliphatic heterocycles. The minimum absolute atomic E-state index is 0.120. The van der Waals surface area contributed by atoms with Gasteiger partial charge in [-0.05, 0) is 30.0 Å². The SMILES string of the molecule is CS(=O)(=O)N1CCC(Nc2cncc(C(=O)NC[C@H](O)CN3Cc4ccccc4C3)c2)CC1. The molecule has 10 heteroatoms. The third-order valence-electron chi connectivity index (χ3n) is 6.17. The molecular weight excluding hydrogens is 442 g/mol. The van der Waals surface area contributed by atoms with E-state index in [1.54, 1.807) is 12.3 Å². The third kappa shape index (κ3) is 6.29. The second kappa shape index (κ2) is 10.2. The number of pyridine rings is 1. The quantitative estimate of drug-likeness (QED) is 0.524. The van der Waals surface area contributed by atoms with Crippen LogP contribution in [0.15, 0.2) is 42.7 Å². The van der Waals surface area contributed by atoms with Crippen LogP contribution in [0, 0.1) is 0 Å². The minimum Gasteiger partial charge on any atom is -0.390 e. The summed E-state index contributed by atoms with van der Waals surface area (Å²) in [6, 6.07) is 10.1. The van der Waals surface area contributed by atoms with Gasteiger partial charge in [0.25, 0.3) is 5.91 Å². The average molecular weight is 474 g/mol. The van der Waals surface area contributed by atoms with Gasteiger partial charge in [-0.1, -0.05) is 24.3 Å². The molecule has 1 atom stereocenters. The number of amides is 1. The Kier molecular flexibility index (Phi) is 7.28. The van der Waals surface area contributed by atoms with E-state index in [2.05, 4.69) is 32.7 Å². The van der Waals surface area contributed by atoms with Gasteiger partial charge in [0.1, 0.15) is 0 Å². The summed E-state index contributed by atoms with van der Waals surface area (Å²) in [5, 5.41) is 16.5. The van der Waals surface area contributed by atoms with Gasteiger partial charge >= 0.3 is 0 Å². The number of piperidine rings is 1. The standard InChI is InChI=1S/C23H31N5O4S/c1-33(31,32)28-8-6-20(7-9-28)26-21-10-19(11-24-12-21)23(30)25-13-22(29)16-27-14-17-4-2-3-5-18(17)15-27/h2-5,10-12,20,22,26,29H,6-9,13-16H2,1H3,(H,25,30)/t22-/m0/s1. The Labute approximate surface area is 194 Å². The van der Waals surface area contributed by atoms with Crippen molar-refractivity contribution in [2.75, 3.05) is 37.8 Å². The number of carbonyl (C=O) groups excluding carboxylic acids is 1. The normalized spacial score (nSPS) is 18.6. The summed E-state index contributed by atoms with van der Waals surface area (Å²) in [5.74, 6) is -0.290. The first kappa shape index (κ1) is 23.6. The molecule has 1 aromatic carbocycles. The van der Waals surface area contributed by atoms with Crippen molar-refractivity contribution in [2.24, 2.45) is 0 Å². The first-order valence-corrected chi connectivity index (χ1v) is 13.0. The molecule has 0 unspecified atom stereocenters. The number of aliphatic hydroxyl groups excluding tert-OH is 1. The number of β-amino-alcohol motifs (C(OH)–C–C–N with tert-alkyl or cyclic N) is 1. The highest BCUT2D eigenvalue weighted by molar-refractivity contribution is 7.88. The minimum atomic E-state index is -3.16. The predicted molar refractivity (Wildman–Crippen MR) is 126 cm³/mol. The molecule has 0 spiro atoms. The zero-order valence-electron chi connectivity index (χ0n) is 18.8. The number of rotatable bonds is 8. The van der Waals surface area contributed by atoms with Crippen LogP contribution in [0.1, 0.15) is 34.3 Å². The van der Waals surface area contributed by atoms with Gasteiger partial charge in [0.15, 0.2) is 0 Å². The molecule has 1 aromatic heterocycles. The van der Waals surface area contributed by atoms with Crippen molar-refractivity contribution in [2.45, 2.75) is 38.1 Å². The monoisotopic (exact) mass is 473 g/mol. The Hall–Kier alpha value is -2.53. The smallest absolute Gasteiger partial charge is 0.253 e. The average Bonchev–Trinajstić information content (AvgIpc) is 3.19. The zero-order valence-corrected chi connectivity index (χ0v) is 19.6. The number of nitrogens with zero attached hydrogens (tertiary/aromatic N) is 3. The van der Waals surface area contributed by atoms with Crippen LogP contribution in [-0.4, -0.2) is 78.2 Å². The molecule has 9 nitrogen and oxygen atoms in total. The second-order valence-electron chi connectivity index (χ2n) is 8.85. The molecule has 0 aliphatic carbocycles. The Morgan fingerprint density at radius 1 is 1.18 bits per heavy atom. The maximum absolute atomic E-state index is 12.6. The van der Waals surface area contributed by atoms with E-state index >= 15 is 0 Å². The highest BCUT2D eigenvalue weighted by Crippen LogP contribution is 2.22. The number of aromatic nitrogens is 1. The van der Waals surface area contributed by atoms with Crippen LogP contribution < -0.4 is 10.6 Å². The summed E-state index contributed by atoms with van der Waals surface area (Å²) in [7, 11) is -3.16. The van der Waals surface area contributed by atoms with Crippen LogP contribution in [0.4, 0.5) is 5.69 Å². The maximum Gasteiger partial charge on any atom is 0.253 e. The Bertz CT molecular complexity index is 1060. The predicted octanol–water partition coefficient (Wildman–Crippen LogP) is 1.02. The highest BCUT2D eigenvalue weighted by atomic mass is 32.2. The number of carbonyl (C=O) groups is 1. The fourth-order valence-corrected chi connectivity index (χ4v) is 5.29. The van der Waals surface area contributed by atoms with Crippen molar-refractivity contribution in [1.82, 2.24) is 19.5 Å². The number of hydrogen-bond donors (Lipinski definition) is 3. The molecule has 0 radical (unpaired) electrons. The molecule has 2 aliphatic rings. The van der Waals surface area contributed by atoms with E-state index in [4.69, 9.17) is 0 Å². The van der Waals surface area contributed by atoms with Crippen LogP contribution in [0.5, 0.6) is 0 Å². The maximum atomic E-state index is 12.6. The molecule has 33 heavy (non-hydrogen) atoms. The summed E-state index contributed by atoms with van der Waals surface area (Å²) in [4.78, 5) is 18.9. The van der Waals surface area contributed by atoms with Crippen molar-refractivity contribution >= 4 is 21.6 Å². The second-order valence-corrected chi connectivity index (χ2v) is 10.8. The first-order valence-electron chi connectivity index (χ1n) is 11.2. The van der Waals surface area contributed by atoms with Crippen LogP contribution in [0.25, 0.3) is 0 Å². The van der Waals surface area contributed by atoms with Gasteiger partial charge in [-0.3, -0.25) is 14.7 Å². The fraction of sp³-hybridized carbons (Fsp3) is 0.478.